The second kappa shape index (κ2) is 5.66. The average Bonchev–Trinajstić information content (AvgIpc) is 2.57. The lowest BCUT2D eigenvalue weighted by Gasteiger charge is -2.13. The van der Waals surface area contributed by atoms with Crippen LogP contribution in [0.15, 0.2) is 12.1 Å². The van der Waals surface area contributed by atoms with Gasteiger partial charge in [-0.2, -0.15) is 0 Å². The number of H-pyrrole nitrogens is 1. The molecule has 3 nitrogen and oxygen atoms in total. The Bertz CT molecular complexity index is 622. The monoisotopic (exact) mass is 380 g/mol. The smallest absolute Gasteiger partial charge is 0.178 e. The molecular weight excluding hydrogens is 366 g/mol. The fourth-order valence-electron chi connectivity index (χ4n) is 1.93. The van der Waals surface area contributed by atoms with Gasteiger partial charge in [-0.3, -0.25) is 0 Å². The van der Waals surface area contributed by atoms with Crippen LogP contribution in [0.25, 0.3) is 11.0 Å². The van der Waals surface area contributed by atoms with Crippen molar-refractivity contribution in [2.45, 2.75) is 26.5 Å². The van der Waals surface area contributed by atoms with Crippen molar-refractivity contribution in [1.82, 2.24) is 9.55 Å². The maximum Gasteiger partial charge on any atom is 0.178 e. The predicted octanol–water partition coefficient (Wildman–Crippen LogP) is 3.87. The van der Waals surface area contributed by atoms with Gasteiger partial charge in [-0.25, -0.2) is 4.39 Å². The normalized spacial score (nSPS) is 13.1. The SMILES string of the molecule is CCOC(C)Cn1c(=S)[nH]c2cc(I)c(F)cc21. The molecule has 18 heavy (non-hydrogen) atoms. The highest BCUT2D eigenvalue weighted by Gasteiger charge is 2.11. The first-order valence-electron chi connectivity index (χ1n) is 5.72. The van der Waals surface area contributed by atoms with Gasteiger partial charge in [0.1, 0.15) is 5.82 Å². The van der Waals surface area contributed by atoms with Crippen LogP contribution in [0.3, 0.4) is 0 Å². The third-order valence-electron chi connectivity index (χ3n) is 2.71. The van der Waals surface area contributed by atoms with Crippen molar-refractivity contribution in [3.05, 3.63) is 26.3 Å². The fourth-order valence-corrected chi connectivity index (χ4v) is 2.68. The quantitative estimate of drug-likeness (QED) is 0.645. The Morgan fingerprint density at radius 1 is 1.56 bits per heavy atom. The molecule has 0 fully saturated rings. The molecule has 0 spiro atoms. The zero-order valence-electron chi connectivity index (χ0n) is 10.2. The standard InChI is InChI=1S/C12H14FIN2OS/c1-3-17-7(2)6-16-11-4-8(13)9(14)5-10(11)15-12(16)18/h4-5,7H,3,6H2,1-2H3,(H,15,18). The summed E-state index contributed by atoms with van der Waals surface area (Å²) in [6.07, 6.45) is 0.0445. The molecule has 0 bridgehead atoms. The van der Waals surface area contributed by atoms with E-state index in [1.807, 2.05) is 41.0 Å². The molecule has 0 aliphatic rings. The van der Waals surface area contributed by atoms with Gasteiger partial charge < -0.3 is 14.3 Å². The Morgan fingerprint density at radius 3 is 2.94 bits per heavy atom. The Labute approximate surface area is 123 Å². The maximum absolute atomic E-state index is 13.6. The zero-order chi connectivity index (χ0) is 13.3. The Balaban J connectivity index is 2.47. The van der Waals surface area contributed by atoms with E-state index in [1.54, 1.807) is 6.07 Å². The van der Waals surface area contributed by atoms with Crippen molar-refractivity contribution in [1.29, 1.82) is 0 Å². The van der Waals surface area contributed by atoms with E-state index in [4.69, 9.17) is 17.0 Å². The number of aromatic nitrogens is 2. The van der Waals surface area contributed by atoms with Crippen LogP contribution in [0.2, 0.25) is 0 Å². The predicted molar refractivity (Wildman–Crippen MR) is 80.9 cm³/mol. The minimum atomic E-state index is -0.227. The first-order chi connectivity index (χ1) is 8.52. The molecule has 2 aromatic rings. The van der Waals surface area contributed by atoms with Gasteiger partial charge in [0.15, 0.2) is 4.77 Å². The number of imidazole rings is 1. The van der Waals surface area contributed by atoms with Crippen LogP contribution in [0, 0.1) is 14.2 Å². The van der Waals surface area contributed by atoms with Crippen LogP contribution in [0.4, 0.5) is 4.39 Å². The number of nitrogens with one attached hydrogen (secondary N) is 1. The topological polar surface area (TPSA) is 29.9 Å². The summed E-state index contributed by atoms with van der Waals surface area (Å²) >= 11 is 7.24. The highest BCUT2D eigenvalue weighted by molar-refractivity contribution is 14.1. The van der Waals surface area contributed by atoms with Gasteiger partial charge in [-0.15, -0.1) is 0 Å². The van der Waals surface area contributed by atoms with Crippen LogP contribution < -0.4 is 0 Å². The maximum atomic E-state index is 13.6. The molecule has 1 aromatic carbocycles. The van der Waals surface area contributed by atoms with Gasteiger partial charge in [0.2, 0.25) is 0 Å². The van der Waals surface area contributed by atoms with Crippen molar-refractivity contribution in [3.8, 4) is 0 Å². The number of nitrogens with zero attached hydrogens (tertiary/aromatic N) is 1. The number of benzene rings is 1. The van der Waals surface area contributed by atoms with Crippen LogP contribution in [-0.4, -0.2) is 22.3 Å². The van der Waals surface area contributed by atoms with E-state index in [2.05, 4.69) is 4.98 Å². The van der Waals surface area contributed by atoms with E-state index < -0.39 is 0 Å². The van der Waals surface area contributed by atoms with Crippen molar-refractivity contribution in [3.63, 3.8) is 0 Å². The summed E-state index contributed by atoms with van der Waals surface area (Å²) in [6.45, 7) is 5.20. The summed E-state index contributed by atoms with van der Waals surface area (Å²) in [7, 11) is 0. The molecule has 0 radical (unpaired) electrons. The van der Waals surface area contributed by atoms with Crippen LogP contribution in [0.5, 0.6) is 0 Å². The van der Waals surface area contributed by atoms with Crippen LogP contribution in [0.1, 0.15) is 13.8 Å². The van der Waals surface area contributed by atoms with Gasteiger partial charge in [0.25, 0.3) is 0 Å². The Hall–Kier alpha value is -0.470. The van der Waals surface area contributed by atoms with E-state index in [1.165, 1.54) is 6.07 Å². The molecule has 0 amide bonds. The number of ether oxygens (including phenoxy) is 1. The first kappa shape index (κ1) is 14.0. The molecule has 1 N–H and O–H groups in total. The molecule has 1 heterocycles. The molecule has 0 saturated heterocycles. The fraction of sp³-hybridized carbons (Fsp3) is 0.417. The first-order valence-corrected chi connectivity index (χ1v) is 7.20. The van der Waals surface area contributed by atoms with E-state index in [0.717, 1.165) is 11.0 Å². The second-order valence-electron chi connectivity index (χ2n) is 4.09. The number of fused-ring (bicyclic) bond motifs is 1. The molecular formula is C12H14FIN2OS. The van der Waals surface area contributed by atoms with Crippen LogP contribution >= 0.6 is 34.8 Å². The number of hydrogen-bond acceptors (Lipinski definition) is 2. The van der Waals surface area contributed by atoms with E-state index in [0.29, 0.717) is 21.5 Å². The van der Waals surface area contributed by atoms with Crippen molar-refractivity contribution in [2.75, 3.05) is 6.61 Å². The second-order valence-corrected chi connectivity index (χ2v) is 5.64. The number of halogens is 2. The van der Waals surface area contributed by atoms with Crippen molar-refractivity contribution >= 4 is 45.8 Å². The van der Waals surface area contributed by atoms with Crippen molar-refractivity contribution in [2.24, 2.45) is 0 Å². The highest BCUT2D eigenvalue weighted by Crippen LogP contribution is 2.21. The summed E-state index contributed by atoms with van der Waals surface area (Å²) < 4.78 is 22.2. The van der Waals surface area contributed by atoms with Gasteiger partial charge in [-0.05, 0) is 54.7 Å². The molecule has 1 aromatic heterocycles. The molecule has 1 unspecified atom stereocenters. The Kier molecular flexibility index (Phi) is 4.39. The molecule has 1 atom stereocenters. The largest absolute Gasteiger partial charge is 0.377 e. The van der Waals surface area contributed by atoms with Gasteiger partial charge in [0.05, 0.1) is 27.3 Å². The van der Waals surface area contributed by atoms with Crippen molar-refractivity contribution < 1.29 is 9.13 Å². The number of aromatic amines is 1. The lowest BCUT2D eigenvalue weighted by Crippen LogP contribution is -2.16. The van der Waals surface area contributed by atoms with E-state index in [9.17, 15) is 4.39 Å². The minimum Gasteiger partial charge on any atom is -0.377 e. The molecule has 2 rings (SSSR count). The number of hydrogen-bond donors (Lipinski definition) is 1. The average molecular weight is 380 g/mol. The van der Waals surface area contributed by atoms with Crippen LogP contribution in [-0.2, 0) is 11.3 Å². The minimum absolute atomic E-state index is 0.0445. The number of rotatable bonds is 4. The summed E-state index contributed by atoms with van der Waals surface area (Å²) in [5, 5.41) is 0. The zero-order valence-corrected chi connectivity index (χ0v) is 13.1. The molecule has 98 valence electrons. The van der Waals surface area contributed by atoms with E-state index >= 15 is 0 Å². The highest BCUT2D eigenvalue weighted by atomic mass is 127. The van der Waals surface area contributed by atoms with Gasteiger partial charge >= 0.3 is 0 Å². The Morgan fingerprint density at radius 2 is 2.28 bits per heavy atom. The molecule has 0 aliphatic heterocycles. The molecule has 0 aliphatic carbocycles. The third kappa shape index (κ3) is 2.75. The summed E-state index contributed by atoms with van der Waals surface area (Å²) in [5.74, 6) is -0.227. The van der Waals surface area contributed by atoms with Gasteiger partial charge in [0, 0.05) is 12.7 Å². The lowest BCUT2D eigenvalue weighted by molar-refractivity contribution is 0.0645. The lowest BCUT2D eigenvalue weighted by atomic mass is 10.3. The van der Waals surface area contributed by atoms with Gasteiger partial charge in [-0.1, -0.05) is 0 Å². The van der Waals surface area contributed by atoms with E-state index in [-0.39, 0.29) is 11.9 Å². The third-order valence-corrected chi connectivity index (χ3v) is 3.86. The summed E-state index contributed by atoms with van der Waals surface area (Å²) in [5.41, 5.74) is 1.64. The molecule has 6 heteroatoms. The summed E-state index contributed by atoms with van der Waals surface area (Å²) in [6, 6.07) is 3.28. The molecule has 0 saturated carbocycles. The summed E-state index contributed by atoms with van der Waals surface area (Å²) in [4.78, 5) is 3.09.